The van der Waals surface area contributed by atoms with Gasteiger partial charge in [-0.25, -0.2) is 0 Å². The van der Waals surface area contributed by atoms with Gasteiger partial charge in [0.05, 0.1) is 18.8 Å². The molecule has 2 aromatic heterocycles. The third kappa shape index (κ3) is 4.81. The number of rotatable bonds is 7. The van der Waals surface area contributed by atoms with Gasteiger partial charge in [0.1, 0.15) is 17.1 Å². The Morgan fingerprint density at radius 3 is 2.76 bits per heavy atom. The largest absolute Gasteiger partial charge is 0.490 e. The monoisotopic (exact) mass is 480 g/mol. The normalized spacial score (nSPS) is 12.6. The zero-order valence-corrected chi connectivity index (χ0v) is 20.2. The van der Waals surface area contributed by atoms with Crippen LogP contribution in [0.1, 0.15) is 33.1 Å². The number of aliphatic hydroxyl groups is 1. The van der Waals surface area contributed by atoms with E-state index in [1.54, 1.807) is 11.0 Å². The van der Waals surface area contributed by atoms with E-state index in [0.29, 0.717) is 40.8 Å². The van der Waals surface area contributed by atoms with Crippen LogP contribution in [0.15, 0.2) is 38.9 Å². The summed E-state index contributed by atoms with van der Waals surface area (Å²) in [5.74, 6) is 6.12. The lowest BCUT2D eigenvalue weighted by molar-refractivity contribution is -0.113. The van der Waals surface area contributed by atoms with E-state index in [1.807, 2.05) is 23.6 Å². The maximum atomic E-state index is 12.9. The molecule has 178 valence electrons. The van der Waals surface area contributed by atoms with E-state index in [1.165, 1.54) is 11.3 Å². The molecule has 0 radical (unpaired) electrons. The number of fused-ring (bicyclic) bond motifs is 2. The number of hydrogen-bond acceptors (Lipinski definition) is 7. The van der Waals surface area contributed by atoms with Gasteiger partial charge in [0.15, 0.2) is 11.5 Å². The number of anilines is 2. The number of hydrogen-bond donors (Lipinski definition) is 1. The van der Waals surface area contributed by atoms with Crippen molar-refractivity contribution in [1.29, 1.82) is 0 Å². The van der Waals surface area contributed by atoms with Crippen LogP contribution in [0.4, 0.5) is 11.6 Å². The van der Waals surface area contributed by atoms with E-state index in [0.717, 1.165) is 37.1 Å². The molecule has 0 unspecified atom stereocenters. The SMILES string of the molecule is CCCN(CCC)c1cc(=O)c2scc(-c3ccc4c(c3)N(C(=O)C#CCCO)CCO4)c2o1. The summed E-state index contributed by atoms with van der Waals surface area (Å²) in [6.07, 6.45) is 2.15. The molecule has 3 heterocycles. The van der Waals surface area contributed by atoms with Crippen molar-refractivity contribution in [2.45, 2.75) is 33.1 Å². The van der Waals surface area contributed by atoms with Crippen LogP contribution in [0, 0.1) is 11.8 Å². The zero-order chi connectivity index (χ0) is 24.1. The Morgan fingerprint density at radius 1 is 1.24 bits per heavy atom. The van der Waals surface area contributed by atoms with Crippen LogP contribution in [-0.2, 0) is 4.79 Å². The van der Waals surface area contributed by atoms with Crippen LogP contribution in [0.3, 0.4) is 0 Å². The smallest absolute Gasteiger partial charge is 0.303 e. The molecular formula is C26H28N2O5S. The summed E-state index contributed by atoms with van der Waals surface area (Å²) in [5, 5.41) is 10.8. The summed E-state index contributed by atoms with van der Waals surface area (Å²) < 4.78 is 12.6. The summed E-state index contributed by atoms with van der Waals surface area (Å²) in [6.45, 7) is 6.51. The number of carbonyl (C=O) groups excluding carboxylic acids is 1. The average molecular weight is 481 g/mol. The van der Waals surface area contributed by atoms with Gasteiger partial charge in [0.2, 0.25) is 5.43 Å². The van der Waals surface area contributed by atoms with Gasteiger partial charge >= 0.3 is 5.91 Å². The molecule has 1 aliphatic heterocycles. The van der Waals surface area contributed by atoms with E-state index in [2.05, 4.69) is 30.6 Å². The van der Waals surface area contributed by atoms with Crippen LogP contribution in [0.5, 0.6) is 5.75 Å². The molecule has 1 aliphatic rings. The molecule has 1 aromatic carbocycles. The second kappa shape index (κ2) is 10.8. The Kier molecular flexibility index (Phi) is 7.56. The Bertz CT molecular complexity index is 1290. The predicted octanol–water partition coefficient (Wildman–Crippen LogP) is 4.26. The first kappa shape index (κ1) is 23.9. The molecule has 0 atom stereocenters. The molecule has 1 N–H and O–H groups in total. The highest BCUT2D eigenvalue weighted by atomic mass is 32.1. The topological polar surface area (TPSA) is 83.2 Å². The molecule has 3 aromatic rings. The second-order valence-corrected chi connectivity index (χ2v) is 8.89. The van der Waals surface area contributed by atoms with E-state index >= 15 is 0 Å². The molecule has 4 rings (SSSR count). The second-order valence-electron chi connectivity index (χ2n) is 8.01. The van der Waals surface area contributed by atoms with Crippen molar-refractivity contribution in [2.75, 3.05) is 42.6 Å². The molecular weight excluding hydrogens is 452 g/mol. The molecule has 1 amide bonds. The maximum Gasteiger partial charge on any atom is 0.303 e. The molecule has 0 fully saturated rings. The third-order valence-electron chi connectivity index (χ3n) is 5.54. The lowest BCUT2D eigenvalue weighted by Crippen LogP contribution is -2.37. The highest BCUT2D eigenvalue weighted by Gasteiger charge is 2.24. The van der Waals surface area contributed by atoms with Gasteiger partial charge in [0.25, 0.3) is 0 Å². The predicted molar refractivity (Wildman–Crippen MR) is 136 cm³/mol. The van der Waals surface area contributed by atoms with Gasteiger partial charge in [0, 0.05) is 36.5 Å². The summed E-state index contributed by atoms with van der Waals surface area (Å²) in [5.41, 5.74) is 2.76. The summed E-state index contributed by atoms with van der Waals surface area (Å²) in [7, 11) is 0. The first-order chi connectivity index (χ1) is 16.6. The lowest BCUT2D eigenvalue weighted by Gasteiger charge is -2.28. The molecule has 0 saturated heterocycles. The Balaban J connectivity index is 1.77. The standard InChI is InChI=1S/C26H28N2O5S/c1-3-10-27(11-4-2)24-16-21(30)26-25(33-24)19(17-34-26)18-8-9-22-20(15-18)28(12-14-32-22)23(31)7-5-6-13-29/h8-9,15-17,29H,3-4,6,10-14H2,1-2H3. The number of aliphatic hydroxyl groups excluding tert-OH is 1. The van der Waals surface area contributed by atoms with Crippen molar-refractivity contribution in [3.63, 3.8) is 0 Å². The van der Waals surface area contributed by atoms with Crippen LogP contribution in [0.2, 0.25) is 0 Å². The van der Waals surface area contributed by atoms with Gasteiger partial charge in [-0.2, -0.15) is 0 Å². The molecule has 0 bridgehead atoms. The highest BCUT2D eigenvalue weighted by Crippen LogP contribution is 2.40. The van der Waals surface area contributed by atoms with E-state index in [9.17, 15) is 9.59 Å². The van der Waals surface area contributed by atoms with Gasteiger partial charge in [-0.1, -0.05) is 25.8 Å². The fourth-order valence-corrected chi connectivity index (χ4v) is 4.93. The maximum absolute atomic E-state index is 12.9. The van der Waals surface area contributed by atoms with Gasteiger partial charge in [-0.05, 0) is 36.5 Å². The number of benzene rings is 1. The van der Waals surface area contributed by atoms with Crippen molar-refractivity contribution in [1.82, 2.24) is 0 Å². The minimum absolute atomic E-state index is 0.0537. The number of nitrogens with zero attached hydrogens (tertiary/aromatic N) is 2. The Labute approximate surface area is 202 Å². The van der Waals surface area contributed by atoms with E-state index < -0.39 is 0 Å². The Hall–Kier alpha value is -3.28. The molecule has 7 nitrogen and oxygen atoms in total. The Morgan fingerprint density at radius 2 is 2.03 bits per heavy atom. The van der Waals surface area contributed by atoms with Crippen molar-refractivity contribution >= 4 is 39.1 Å². The third-order valence-corrected chi connectivity index (χ3v) is 6.52. The number of ether oxygens (including phenoxy) is 1. The van der Waals surface area contributed by atoms with Crippen LogP contribution in [-0.4, -0.2) is 43.9 Å². The highest BCUT2D eigenvalue weighted by molar-refractivity contribution is 7.17. The van der Waals surface area contributed by atoms with Gasteiger partial charge in [-0.3, -0.25) is 14.5 Å². The number of carbonyl (C=O) groups is 1. The lowest BCUT2D eigenvalue weighted by atomic mass is 10.1. The van der Waals surface area contributed by atoms with Crippen molar-refractivity contribution in [2.24, 2.45) is 0 Å². The fourth-order valence-electron chi connectivity index (χ4n) is 4.01. The van der Waals surface area contributed by atoms with Crippen LogP contribution < -0.4 is 20.0 Å². The summed E-state index contributed by atoms with van der Waals surface area (Å²) >= 11 is 1.36. The van der Waals surface area contributed by atoms with Crippen molar-refractivity contribution in [3.8, 4) is 28.7 Å². The molecule has 0 saturated carbocycles. The van der Waals surface area contributed by atoms with Gasteiger partial charge in [-0.15, -0.1) is 11.3 Å². The quantitative estimate of drug-likeness (QED) is 0.509. The van der Waals surface area contributed by atoms with Crippen LogP contribution in [0.25, 0.3) is 21.4 Å². The number of amides is 1. The minimum Gasteiger partial charge on any atom is -0.490 e. The number of thiophene rings is 1. The van der Waals surface area contributed by atoms with E-state index in [-0.39, 0.29) is 24.4 Å². The first-order valence-corrected chi connectivity index (χ1v) is 12.4. The first-order valence-electron chi connectivity index (χ1n) is 11.6. The molecule has 34 heavy (non-hydrogen) atoms. The van der Waals surface area contributed by atoms with Crippen molar-refractivity contribution < 1.29 is 19.1 Å². The molecule has 8 heteroatoms. The fraction of sp³-hybridized carbons (Fsp3) is 0.385. The average Bonchev–Trinajstić information content (AvgIpc) is 3.28. The van der Waals surface area contributed by atoms with Gasteiger partial charge < -0.3 is 19.2 Å². The molecule has 0 spiro atoms. The summed E-state index contributed by atoms with van der Waals surface area (Å²) in [4.78, 5) is 29.3. The van der Waals surface area contributed by atoms with Crippen LogP contribution >= 0.6 is 11.3 Å². The zero-order valence-electron chi connectivity index (χ0n) is 19.4. The van der Waals surface area contributed by atoms with E-state index in [4.69, 9.17) is 14.3 Å². The summed E-state index contributed by atoms with van der Waals surface area (Å²) in [6, 6.07) is 7.20. The minimum atomic E-state index is -0.339. The van der Waals surface area contributed by atoms with Crippen molar-refractivity contribution in [3.05, 3.63) is 39.9 Å². The molecule has 0 aliphatic carbocycles.